The summed E-state index contributed by atoms with van der Waals surface area (Å²) in [5.74, 6) is 4.48. The minimum absolute atomic E-state index is 0.0952. The number of carbonyl (C=O) groups excluding carboxylic acids is 1. The molecule has 3 nitrogen and oxygen atoms in total. The highest BCUT2D eigenvalue weighted by Crippen LogP contribution is 2.67. The van der Waals surface area contributed by atoms with Crippen molar-refractivity contribution in [3.8, 4) is 0 Å². The molecule has 1 aliphatic heterocycles. The van der Waals surface area contributed by atoms with Gasteiger partial charge in [-0.1, -0.05) is 39.8 Å². The van der Waals surface area contributed by atoms with E-state index in [2.05, 4.69) is 51.8 Å². The summed E-state index contributed by atoms with van der Waals surface area (Å²) < 4.78 is 0. The molecule has 1 heterocycles. The molecule has 0 radical (unpaired) electrons. The lowest BCUT2D eigenvalue weighted by Crippen LogP contribution is -2.51. The van der Waals surface area contributed by atoms with Gasteiger partial charge in [0.05, 0.1) is 6.10 Å². The molecular weight excluding hydrogens is 382 g/mol. The van der Waals surface area contributed by atoms with E-state index >= 15 is 0 Å². The van der Waals surface area contributed by atoms with Crippen LogP contribution in [0.5, 0.6) is 0 Å². The Morgan fingerprint density at radius 2 is 1.94 bits per heavy atom. The fourth-order valence-electron chi connectivity index (χ4n) is 9.35. The molecule has 0 bridgehead atoms. The van der Waals surface area contributed by atoms with Crippen molar-refractivity contribution in [2.24, 2.45) is 52.3 Å². The molecule has 5 rings (SSSR count). The Kier molecular flexibility index (Phi) is 5.49. The molecule has 0 aromatic rings. The zero-order valence-corrected chi connectivity index (χ0v) is 20.5. The highest BCUT2D eigenvalue weighted by atomic mass is 16.3. The van der Waals surface area contributed by atoms with Crippen LogP contribution >= 0.6 is 0 Å². The van der Waals surface area contributed by atoms with Crippen LogP contribution < -0.4 is 0 Å². The van der Waals surface area contributed by atoms with Crippen LogP contribution in [0.1, 0.15) is 79.1 Å². The number of rotatable bonds is 2. The summed E-state index contributed by atoms with van der Waals surface area (Å²) in [6.07, 6.45) is 13.5. The van der Waals surface area contributed by atoms with Gasteiger partial charge in [-0.25, -0.2) is 0 Å². The van der Waals surface area contributed by atoms with Crippen LogP contribution in [0.15, 0.2) is 12.2 Å². The lowest BCUT2D eigenvalue weighted by atomic mass is 9.52. The third-order valence-electron chi connectivity index (χ3n) is 11.1. The van der Waals surface area contributed by atoms with Gasteiger partial charge in [0, 0.05) is 24.9 Å². The van der Waals surface area contributed by atoms with E-state index in [0.29, 0.717) is 53.3 Å². The second-order valence-corrected chi connectivity index (χ2v) is 13.1. The summed E-state index contributed by atoms with van der Waals surface area (Å²) in [6, 6.07) is 0.706. The highest BCUT2D eigenvalue weighted by Gasteiger charge is 2.62. The van der Waals surface area contributed by atoms with Crippen molar-refractivity contribution >= 4 is 5.78 Å². The molecule has 11 atom stereocenters. The van der Waals surface area contributed by atoms with E-state index in [4.69, 9.17) is 0 Å². The number of fused-ring (bicyclic) bond motifs is 5. The number of piperidine rings is 1. The molecule has 174 valence electrons. The Balaban J connectivity index is 1.37. The molecule has 3 saturated carbocycles. The van der Waals surface area contributed by atoms with Crippen molar-refractivity contribution in [1.82, 2.24) is 4.90 Å². The van der Waals surface area contributed by atoms with Crippen LogP contribution in [0.25, 0.3) is 0 Å². The summed E-state index contributed by atoms with van der Waals surface area (Å²) in [4.78, 5) is 15.8. The van der Waals surface area contributed by atoms with Crippen LogP contribution in [0, 0.1) is 52.3 Å². The number of likely N-dealkylation sites (tertiary alicyclic amines) is 1. The monoisotopic (exact) mass is 427 g/mol. The fraction of sp³-hybridized carbons (Fsp3) is 0.893. The predicted molar refractivity (Wildman–Crippen MR) is 125 cm³/mol. The molecule has 0 amide bonds. The molecule has 1 saturated heterocycles. The first-order valence-electron chi connectivity index (χ1n) is 13.2. The predicted octanol–water partition coefficient (Wildman–Crippen LogP) is 5.33. The van der Waals surface area contributed by atoms with Gasteiger partial charge in [-0.15, -0.1) is 0 Å². The molecule has 0 aromatic heterocycles. The minimum Gasteiger partial charge on any atom is -0.393 e. The third kappa shape index (κ3) is 3.48. The first-order valence-corrected chi connectivity index (χ1v) is 13.2. The number of Topliss-reactive ketones (excluding diaryl/α,β-unsaturated/α-hetero) is 1. The number of nitrogens with zero attached hydrogens (tertiary/aromatic N) is 1. The van der Waals surface area contributed by atoms with Crippen molar-refractivity contribution in [3.05, 3.63) is 12.2 Å². The van der Waals surface area contributed by atoms with Gasteiger partial charge in [0.25, 0.3) is 0 Å². The summed E-state index contributed by atoms with van der Waals surface area (Å²) in [7, 11) is 2.34. The molecule has 3 heteroatoms. The topological polar surface area (TPSA) is 40.5 Å². The first-order chi connectivity index (χ1) is 14.6. The molecule has 31 heavy (non-hydrogen) atoms. The lowest BCUT2D eigenvalue weighted by molar-refractivity contribution is -0.144. The molecule has 1 N–H and O–H groups in total. The van der Waals surface area contributed by atoms with Gasteiger partial charge < -0.3 is 10.0 Å². The second-order valence-electron chi connectivity index (χ2n) is 13.1. The van der Waals surface area contributed by atoms with E-state index in [1.54, 1.807) is 0 Å². The van der Waals surface area contributed by atoms with Crippen LogP contribution in [-0.4, -0.2) is 41.5 Å². The maximum atomic E-state index is 13.2. The Morgan fingerprint density at radius 3 is 2.68 bits per heavy atom. The molecule has 4 aliphatic carbocycles. The quantitative estimate of drug-likeness (QED) is 0.606. The van der Waals surface area contributed by atoms with E-state index in [9.17, 15) is 9.90 Å². The fourth-order valence-corrected chi connectivity index (χ4v) is 9.35. The number of hydrogen-bond donors (Lipinski definition) is 1. The standard InChI is InChI=1S/C28H45NO2/c1-17-6-9-25(29(5)16-17)18(2)19-7-8-22-21-13-26(31)23-12-20(30)10-11-28(23,4)24(21)15-27(22,3)14-19/h7-8,17-25,30H,6,9-16H2,1-5H3/t17-,18-,19+,20-,21-,22+,23+,24-,25+,27+,28-/m0/s1. The van der Waals surface area contributed by atoms with Gasteiger partial charge in [-0.3, -0.25) is 4.79 Å². The molecular formula is C28H45NO2. The van der Waals surface area contributed by atoms with Crippen molar-refractivity contribution in [1.29, 1.82) is 0 Å². The van der Waals surface area contributed by atoms with Gasteiger partial charge in [0.1, 0.15) is 5.78 Å². The van der Waals surface area contributed by atoms with Gasteiger partial charge in [0.15, 0.2) is 0 Å². The Labute approximate surface area is 190 Å². The van der Waals surface area contributed by atoms with E-state index in [1.165, 1.54) is 32.2 Å². The summed E-state index contributed by atoms with van der Waals surface area (Å²) >= 11 is 0. The molecule has 0 spiro atoms. The van der Waals surface area contributed by atoms with Crippen molar-refractivity contribution in [2.75, 3.05) is 13.6 Å². The Bertz CT molecular complexity index is 747. The van der Waals surface area contributed by atoms with Crippen LogP contribution in [0.3, 0.4) is 0 Å². The van der Waals surface area contributed by atoms with Crippen LogP contribution in [0.2, 0.25) is 0 Å². The SMILES string of the molecule is C[C@H]1CC[C@H]([C@@H](C)[C@@H]2C=C[C@@H]3[C@@H]4CC(=O)[C@H]5C[C@@H](O)CC[C@]5(C)[C@H]4C[C@@]3(C)C2)N(C)C1. The average molecular weight is 428 g/mol. The average Bonchev–Trinajstić information content (AvgIpc) is 3.01. The second kappa shape index (κ2) is 7.69. The van der Waals surface area contributed by atoms with Crippen LogP contribution in [-0.2, 0) is 4.79 Å². The smallest absolute Gasteiger partial charge is 0.136 e. The highest BCUT2D eigenvalue weighted by molar-refractivity contribution is 5.83. The largest absolute Gasteiger partial charge is 0.393 e. The summed E-state index contributed by atoms with van der Waals surface area (Å²) in [5, 5.41) is 10.3. The van der Waals surface area contributed by atoms with Gasteiger partial charge in [-0.2, -0.15) is 0 Å². The number of allylic oxidation sites excluding steroid dienone is 2. The summed E-state index contributed by atoms with van der Waals surface area (Å²) in [5.41, 5.74) is 0.437. The van der Waals surface area contributed by atoms with Crippen molar-refractivity contribution in [3.63, 3.8) is 0 Å². The number of aliphatic hydroxyl groups excluding tert-OH is 1. The number of aliphatic hydroxyl groups is 1. The summed E-state index contributed by atoms with van der Waals surface area (Å²) in [6.45, 7) is 11.1. The van der Waals surface area contributed by atoms with Crippen LogP contribution in [0.4, 0.5) is 0 Å². The maximum Gasteiger partial charge on any atom is 0.136 e. The minimum atomic E-state index is -0.266. The molecule has 4 fully saturated rings. The van der Waals surface area contributed by atoms with E-state index in [1.807, 2.05) is 0 Å². The Morgan fingerprint density at radius 1 is 1.16 bits per heavy atom. The lowest BCUT2D eigenvalue weighted by Gasteiger charge is -2.52. The Hall–Kier alpha value is -0.670. The van der Waals surface area contributed by atoms with E-state index in [0.717, 1.165) is 25.2 Å². The molecule has 0 unspecified atom stereocenters. The molecule has 0 aromatic carbocycles. The first kappa shape index (κ1) is 22.1. The van der Waals surface area contributed by atoms with Crippen molar-refractivity contribution < 1.29 is 9.90 Å². The zero-order valence-electron chi connectivity index (χ0n) is 20.5. The van der Waals surface area contributed by atoms with E-state index < -0.39 is 0 Å². The van der Waals surface area contributed by atoms with Gasteiger partial charge in [0.2, 0.25) is 0 Å². The maximum absolute atomic E-state index is 13.2. The third-order valence-corrected chi connectivity index (χ3v) is 11.1. The van der Waals surface area contributed by atoms with Crippen molar-refractivity contribution in [2.45, 2.75) is 91.2 Å². The molecule has 5 aliphatic rings. The number of carbonyl (C=O) groups is 1. The van der Waals surface area contributed by atoms with Gasteiger partial charge in [-0.05, 0) is 98.3 Å². The zero-order chi connectivity index (χ0) is 22.1. The van der Waals surface area contributed by atoms with Gasteiger partial charge >= 0.3 is 0 Å². The van der Waals surface area contributed by atoms with E-state index in [-0.39, 0.29) is 17.4 Å². The number of hydrogen-bond acceptors (Lipinski definition) is 3. The number of ketones is 1. The normalized spacial score (nSPS) is 53.5.